The fourth-order valence-corrected chi connectivity index (χ4v) is 4.14. The number of anilines is 1. The number of amides is 2. The molecule has 166 valence electrons. The van der Waals surface area contributed by atoms with Crippen LogP contribution in [0.15, 0.2) is 54.6 Å². The van der Waals surface area contributed by atoms with Crippen LogP contribution in [0.5, 0.6) is 0 Å². The lowest BCUT2D eigenvalue weighted by molar-refractivity contribution is -1.00. The van der Waals surface area contributed by atoms with Crippen molar-refractivity contribution in [2.24, 2.45) is 0 Å². The number of benzene rings is 2. The largest absolute Gasteiger partial charge is 0.351 e. The Morgan fingerprint density at radius 1 is 0.871 bits per heavy atom. The lowest BCUT2D eigenvalue weighted by Crippen LogP contribution is -3.28. The second-order valence-corrected chi connectivity index (χ2v) is 8.53. The summed E-state index contributed by atoms with van der Waals surface area (Å²) in [7, 11) is 0. The predicted octanol–water partition coefficient (Wildman–Crippen LogP) is -0.109. The van der Waals surface area contributed by atoms with E-state index in [2.05, 4.69) is 42.7 Å². The number of carbonyl (C=O) groups excluding carboxylic acids is 2. The van der Waals surface area contributed by atoms with Crippen molar-refractivity contribution in [3.8, 4) is 0 Å². The lowest BCUT2D eigenvalue weighted by Gasteiger charge is -2.29. The van der Waals surface area contributed by atoms with Crippen molar-refractivity contribution >= 4 is 17.5 Å². The first kappa shape index (κ1) is 23.0. The summed E-state index contributed by atoms with van der Waals surface area (Å²) < 4.78 is 0. The Morgan fingerprint density at radius 3 is 2.10 bits per heavy atom. The normalized spacial score (nSPS) is 19.4. The van der Waals surface area contributed by atoms with Crippen LogP contribution in [0.1, 0.15) is 30.9 Å². The van der Waals surface area contributed by atoms with Gasteiger partial charge in [-0.05, 0) is 29.5 Å². The fraction of sp³-hybridized carbons (Fsp3) is 0.440. The molecule has 0 unspecified atom stereocenters. The van der Waals surface area contributed by atoms with E-state index in [4.69, 9.17) is 0 Å². The lowest BCUT2D eigenvalue weighted by atomic mass is 10.0. The maximum absolute atomic E-state index is 12.5. The van der Waals surface area contributed by atoms with Crippen LogP contribution >= 0.6 is 0 Å². The Bertz CT molecular complexity index is 848. The van der Waals surface area contributed by atoms with E-state index in [0.717, 1.165) is 43.9 Å². The number of carbonyl (C=O) groups is 2. The first-order chi connectivity index (χ1) is 15.0. The van der Waals surface area contributed by atoms with Crippen LogP contribution in [0.25, 0.3) is 0 Å². The number of rotatable bonds is 9. The highest BCUT2D eigenvalue weighted by Crippen LogP contribution is 2.15. The molecule has 0 aromatic heterocycles. The summed E-state index contributed by atoms with van der Waals surface area (Å²) in [5.74, 6) is 0.472. The first-order valence-electron chi connectivity index (χ1n) is 11.4. The summed E-state index contributed by atoms with van der Waals surface area (Å²) in [4.78, 5) is 27.4. The third-order valence-electron chi connectivity index (χ3n) is 6.13. The van der Waals surface area contributed by atoms with Gasteiger partial charge in [-0.3, -0.25) is 9.59 Å². The van der Waals surface area contributed by atoms with Crippen LogP contribution in [0, 0.1) is 0 Å². The monoisotopic (exact) mass is 424 g/mol. The van der Waals surface area contributed by atoms with Crippen LogP contribution in [-0.4, -0.2) is 57.6 Å². The third kappa shape index (κ3) is 7.19. The second-order valence-electron chi connectivity index (χ2n) is 8.53. The zero-order valence-electron chi connectivity index (χ0n) is 18.7. The molecule has 0 radical (unpaired) electrons. The highest BCUT2D eigenvalue weighted by Gasteiger charge is 2.26. The Hall–Kier alpha value is -2.70. The zero-order valence-corrected chi connectivity index (χ0v) is 18.7. The van der Waals surface area contributed by atoms with Crippen molar-refractivity contribution < 1.29 is 19.4 Å². The molecule has 2 aromatic carbocycles. The highest BCUT2D eigenvalue weighted by atomic mass is 16.2. The van der Waals surface area contributed by atoms with E-state index >= 15 is 0 Å². The molecule has 1 fully saturated rings. The predicted molar refractivity (Wildman–Crippen MR) is 123 cm³/mol. The van der Waals surface area contributed by atoms with Crippen LogP contribution in [0.2, 0.25) is 0 Å². The van der Waals surface area contributed by atoms with Crippen LogP contribution in [-0.2, 0) is 16.0 Å². The summed E-state index contributed by atoms with van der Waals surface area (Å²) >= 11 is 0. The molecule has 0 bridgehead atoms. The average molecular weight is 425 g/mol. The number of hydrogen-bond acceptors (Lipinski definition) is 2. The zero-order chi connectivity index (χ0) is 22.1. The molecule has 1 heterocycles. The SMILES string of the molecule is CCc1ccccc1NC(=O)C[NH+]1CC[NH+](CC(=O)NC[C@@H](C)c2ccccc2)CC1. The molecule has 0 saturated carbocycles. The Balaban J connectivity index is 1.35. The summed E-state index contributed by atoms with van der Waals surface area (Å²) in [5, 5.41) is 6.14. The molecule has 1 aliphatic rings. The fourth-order valence-electron chi connectivity index (χ4n) is 4.14. The van der Waals surface area contributed by atoms with Crippen LogP contribution in [0.3, 0.4) is 0 Å². The van der Waals surface area contributed by atoms with Gasteiger partial charge in [0.1, 0.15) is 26.2 Å². The molecule has 2 amide bonds. The summed E-state index contributed by atoms with van der Waals surface area (Å²) in [6.45, 7) is 9.51. The number of nitrogens with one attached hydrogen (secondary N) is 4. The highest BCUT2D eigenvalue weighted by molar-refractivity contribution is 5.92. The van der Waals surface area contributed by atoms with Crippen LogP contribution in [0.4, 0.5) is 5.69 Å². The topological polar surface area (TPSA) is 67.1 Å². The first-order valence-corrected chi connectivity index (χ1v) is 11.4. The standard InChI is InChI=1S/C25H34N4O2/c1-3-21-9-7-8-12-23(21)27-25(31)19-29-15-13-28(14-16-29)18-24(30)26-17-20(2)22-10-5-4-6-11-22/h4-12,20H,3,13-19H2,1-2H3,(H,26,30)(H,27,31)/p+2/t20-/m1/s1. The van der Waals surface area contributed by atoms with Crippen molar-refractivity contribution in [3.05, 3.63) is 65.7 Å². The smallest absolute Gasteiger partial charge is 0.279 e. The van der Waals surface area contributed by atoms with Gasteiger partial charge in [-0.1, -0.05) is 62.4 Å². The third-order valence-corrected chi connectivity index (χ3v) is 6.13. The number of hydrogen-bond donors (Lipinski definition) is 4. The molecular formula is C25H36N4O2+2. The van der Waals surface area contributed by atoms with E-state index in [9.17, 15) is 9.59 Å². The van der Waals surface area contributed by atoms with Crippen LogP contribution < -0.4 is 20.4 Å². The number of para-hydroxylation sites is 1. The maximum atomic E-state index is 12.5. The van der Waals surface area contributed by atoms with Gasteiger partial charge in [0.05, 0.1) is 0 Å². The van der Waals surface area contributed by atoms with Crippen molar-refractivity contribution in [1.82, 2.24) is 5.32 Å². The quantitative estimate of drug-likeness (QED) is 0.454. The summed E-state index contributed by atoms with van der Waals surface area (Å²) in [5.41, 5.74) is 3.32. The Kier molecular flexibility index (Phi) is 8.62. The van der Waals surface area contributed by atoms with Gasteiger partial charge in [-0.15, -0.1) is 0 Å². The van der Waals surface area contributed by atoms with E-state index in [1.807, 2.05) is 36.4 Å². The van der Waals surface area contributed by atoms with E-state index in [1.165, 1.54) is 15.4 Å². The molecule has 3 rings (SSSR count). The number of piperazine rings is 1. The second kappa shape index (κ2) is 11.6. The molecule has 0 spiro atoms. The Labute approximate surface area is 185 Å². The molecule has 1 saturated heterocycles. The van der Waals surface area contributed by atoms with E-state index in [1.54, 1.807) is 0 Å². The van der Waals surface area contributed by atoms with Gasteiger partial charge in [0.25, 0.3) is 11.8 Å². The van der Waals surface area contributed by atoms with Gasteiger partial charge in [0.15, 0.2) is 13.1 Å². The average Bonchev–Trinajstić information content (AvgIpc) is 2.79. The number of aryl methyl sites for hydroxylation is 1. The molecule has 31 heavy (non-hydrogen) atoms. The molecule has 4 N–H and O–H groups in total. The van der Waals surface area contributed by atoms with Gasteiger partial charge < -0.3 is 20.4 Å². The maximum Gasteiger partial charge on any atom is 0.279 e. The van der Waals surface area contributed by atoms with Gasteiger partial charge in [-0.25, -0.2) is 0 Å². The van der Waals surface area contributed by atoms with Gasteiger partial charge >= 0.3 is 0 Å². The minimum absolute atomic E-state index is 0.0620. The molecule has 0 aliphatic carbocycles. The van der Waals surface area contributed by atoms with Crippen molar-refractivity contribution in [2.75, 3.05) is 51.1 Å². The molecule has 1 atom stereocenters. The van der Waals surface area contributed by atoms with E-state index < -0.39 is 0 Å². The minimum atomic E-state index is 0.0620. The van der Waals surface area contributed by atoms with E-state index in [-0.39, 0.29) is 11.8 Å². The Morgan fingerprint density at radius 2 is 1.45 bits per heavy atom. The van der Waals surface area contributed by atoms with Gasteiger partial charge in [0, 0.05) is 12.2 Å². The number of quaternary nitrogens is 2. The minimum Gasteiger partial charge on any atom is -0.351 e. The van der Waals surface area contributed by atoms with Crippen molar-refractivity contribution in [1.29, 1.82) is 0 Å². The van der Waals surface area contributed by atoms with Gasteiger partial charge in [0.2, 0.25) is 0 Å². The molecule has 6 nitrogen and oxygen atoms in total. The van der Waals surface area contributed by atoms with Crippen molar-refractivity contribution in [3.63, 3.8) is 0 Å². The molecule has 6 heteroatoms. The molecule has 1 aliphatic heterocycles. The van der Waals surface area contributed by atoms with E-state index in [0.29, 0.717) is 25.6 Å². The molecular weight excluding hydrogens is 388 g/mol. The summed E-state index contributed by atoms with van der Waals surface area (Å²) in [6.07, 6.45) is 0.900. The summed E-state index contributed by atoms with van der Waals surface area (Å²) in [6, 6.07) is 18.2. The van der Waals surface area contributed by atoms with Gasteiger partial charge in [-0.2, -0.15) is 0 Å². The van der Waals surface area contributed by atoms with Crippen molar-refractivity contribution in [2.45, 2.75) is 26.2 Å². The molecule has 2 aromatic rings.